The Bertz CT molecular complexity index is 2890. The Labute approximate surface area is 548 Å². The van der Waals surface area contributed by atoms with E-state index in [9.17, 15) is 73.2 Å². The van der Waals surface area contributed by atoms with Gasteiger partial charge >= 0.3 is 16.7 Å². The summed E-state index contributed by atoms with van der Waals surface area (Å²) < 4.78 is 1.44. The zero-order valence-electron chi connectivity index (χ0n) is 55.3. The topological polar surface area (TPSA) is 430 Å². The van der Waals surface area contributed by atoms with Gasteiger partial charge in [-0.25, -0.2) is 0 Å². The van der Waals surface area contributed by atoms with Crippen molar-refractivity contribution in [2.45, 2.75) is 178 Å². The molecule has 32 heteroatoms. The molecule has 3 aromatic heterocycles. The van der Waals surface area contributed by atoms with Crippen LogP contribution in [0.15, 0.2) is 14.4 Å². The van der Waals surface area contributed by atoms with Gasteiger partial charge in [0.05, 0.1) is 34.2 Å². The molecule has 0 bridgehead atoms. The largest absolute Gasteiger partial charge is 0.425 e. The number of hydrogen-bond donors (Lipinski definition) is 12. The van der Waals surface area contributed by atoms with Crippen LogP contribution in [-0.2, 0) is 62.4 Å². The second kappa shape index (κ2) is 40.0. The standard InChI is InChI=1S/C60H96N16O15.Ga/c1-34(2)31-46(70-52(80)16-13-43-58(86)74(89)40(10)37(7)67-43)55(83)64-22-19-49(77)61-25-28-73(29-26-62-50(78)20-23-65-56(84)47(32-35(3)4)71-53(81)17-14-44-59(87)75(90)41(11)38(8)68-44)30-27-63-51(79)21-24-66-57(85)48(33-36(5)6)72-54(82)18-15-45-60(88)76(91)42(12)39(9)69-45;/h34-36,46-48,89-91H,13-33H2,1-12H3,(H,61,77)(H,62,78)(H,63,79)(H,64,83)(H,65,84)(H,66,85)(H,70,80)(H,71,81)(H,72,82);. The van der Waals surface area contributed by atoms with Crippen molar-refractivity contribution in [1.29, 1.82) is 0 Å². The van der Waals surface area contributed by atoms with Gasteiger partial charge in [-0.05, 0) is 78.6 Å². The van der Waals surface area contributed by atoms with Crippen LogP contribution in [0.1, 0.15) is 151 Å². The molecule has 31 nitrogen and oxygen atoms in total. The first-order valence-electron chi connectivity index (χ1n) is 30.9. The third-order valence-electron chi connectivity index (χ3n) is 14.8. The molecule has 0 spiro atoms. The summed E-state index contributed by atoms with van der Waals surface area (Å²) in [6.07, 6.45) is -0.260. The monoisotopic (exact) mass is 1350 g/mol. The van der Waals surface area contributed by atoms with Crippen LogP contribution < -0.4 is 64.5 Å². The fourth-order valence-corrected chi connectivity index (χ4v) is 9.30. The molecule has 12 N–H and O–H groups in total. The fraction of sp³-hybridized carbons (Fsp3) is 0.650. The summed E-state index contributed by atoms with van der Waals surface area (Å²) in [6.45, 7) is 21.6. The molecule has 9 amide bonds. The van der Waals surface area contributed by atoms with Gasteiger partial charge in [-0.15, -0.1) is 14.2 Å². The summed E-state index contributed by atoms with van der Waals surface area (Å²) in [5, 5.41) is 54.8. The Kier molecular flexibility index (Phi) is 34.7. The van der Waals surface area contributed by atoms with Crippen LogP contribution in [0.3, 0.4) is 0 Å². The Morgan fingerprint density at radius 1 is 0.380 bits per heavy atom. The molecule has 3 aromatic rings. The maximum atomic E-state index is 13.3. The van der Waals surface area contributed by atoms with E-state index in [1.807, 2.05) is 46.4 Å². The minimum Gasteiger partial charge on any atom is -0.425 e. The molecule has 3 rings (SSSR count). The summed E-state index contributed by atoms with van der Waals surface area (Å²) in [5.74, 6) is -4.31. The van der Waals surface area contributed by atoms with E-state index in [2.05, 4.69) is 62.8 Å². The van der Waals surface area contributed by atoms with Gasteiger partial charge in [0, 0.05) is 136 Å². The van der Waals surface area contributed by atoms with Crippen molar-refractivity contribution < 1.29 is 58.8 Å². The van der Waals surface area contributed by atoms with Crippen LogP contribution >= 0.6 is 0 Å². The zero-order chi connectivity index (χ0) is 68.2. The van der Waals surface area contributed by atoms with Crippen LogP contribution in [-0.4, -0.2) is 200 Å². The Balaban J connectivity index is 0.0000288. The molecular formula is C60H96GaN16O15. The summed E-state index contributed by atoms with van der Waals surface area (Å²) in [5.41, 5.74) is -0.156. The van der Waals surface area contributed by atoms with Gasteiger partial charge in [-0.2, -0.15) is 0 Å². The number of hydrogen-bond acceptors (Lipinski definition) is 19. The van der Waals surface area contributed by atoms with Crippen LogP contribution in [0.4, 0.5) is 0 Å². The second-order valence-electron chi connectivity index (χ2n) is 23.8. The van der Waals surface area contributed by atoms with Crippen molar-refractivity contribution in [1.82, 2.24) is 81.9 Å². The van der Waals surface area contributed by atoms with E-state index in [0.29, 0.717) is 31.3 Å². The average molecular weight is 1350 g/mol. The van der Waals surface area contributed by atoms with Crippen molar-refractivity contribution >= 4 is 73.0 Å². The molecule has 0 aliphatic heterocycles. The van der Waals surface area contributed by atoms with Gasteiger partial charge in [0.2, 0.25) is 53.2 Å². The zero-order valence-corrected chi connectivity index (χ0v) is 57.7. The van der Waals surface area contributed by atoms with E-state index in [0.717, 1.165) is 0 Å². The quantitative estimate of drug-likeness (QED) is 0.0228. The van der Waals surface area contributed by atoms with Gasteiger partial charge < -0.3 is 63.5 Å². The maximum Gasteiger partial charge on any atom is 0.304 e. The molecule has 3 atom stereocenters. The van der Waals surface area contributed by atoms with E-state index >= 15 is 0 Å². The maximum absolute atomic E-state index is 13.3. The second-order valence-corrected chi connectivity index (χ2v) is 23.8. The van der Waals surface area contributed by atoms with Crippen LogP contribution in [0.5, 0.6) is 0 Å². The van der Waals surface area contributed by atoms with Gasteiger partial charge in [-0.3, -0.25) is 77.4 Å². The van der Waals surface area contributed by atoms with Gasteiger partial charge in [0.25, 0.3) is 0 Å². The molecule has 0 aromatic carbocycles. The molecular weight excluding hydrogens is 1250 g/mol. The van der Waals surface area contributed by atoms with E-state index in [4.69, 9.17) is 0 Å². The number of nitrogens with zero attached hydrogens (tertiary/aromatic N) is 7. The molecule has 3 unspecified atom stereocenters. The Morgan fingerprint density at radius 3 is 0.848 bits per heavy atom. The molecule has 3 heterocycles. The van der Waals surface area contributed by atoms with Gasteiger partial charge in [-0.1, -0.05) is 41.5 Å². The molecule has 509 valence electrons. The minimum absolute atomic E-state index is 0. The number of aryl methyl sites for hydroxylation is 6. The van der Waals surface area contributed by atoms with E-state index in [1.54, 1.807) is 20.8 Å². The Morgan fingerprint density at radius 2 is 0.620 bits per heavy atom. The van der Waals surface area contributed by atoms with E-state index in [1.165, 1.54) is 20.8 Å². The normalized spacial score (nSPS) is 12.1. The van der Waals surface area contributed by atoms with Crippen molar-refractivity contribution in [3.05, 3.63) is 82.3 Å². The third kappa shape index (κ3) is 27.8. The van der Waals surface area contributed by atoms with E-state index in [-0.39, 0.29) is 208 Å². The van der Waals surface area contributed by atoms with Crippen LogP contribution in [0.2, 0.25) is 0 Å². The summed E-state index contributed by atoms with van der Waals surface area (Å²) in [6, 6.07) is -2.83. The molecule has 0 aliphatic carbocycles. The molecule has 3 radical (unpaired) electrons. The minimum atomic E-state index is -0.942. The fourth-order valence-electron chi connectivity index (χ4n) is 9.30. The molecule has 0 saturated heterocycles. The SMILES string of the molecule is Cc1nc(CCC(=O)NC(CC(C)C)C(=O)NCCC(=O)NCCN(CCNC(=O)CCNC(=O)C(CC(C)C)NC(=O)CCc2nc(C)c(C)n(O)c2=O)CCNC(=O)CCNC(=O)C(CC(C)C)NC(=O)CCc2nc(C)c(C)n(O)c2=O)c(=O)n(O)c1C.[Ga]. The number of amides is 9. The van der Waals surface area contributed by atoms with Crippen molar-refractivity contribution in [2.24, 2.45) is 17.8 Å². The number of nitrogens with one attached hydrogen (secondary N) is 9. The summed E-state index contributed by atoms with van der Waals surface area (Å²) >= 11 is 0. The number of rotatable bonds is 39. The molecule has 0 saturated carbocycles. The summed E-state index contributed by atoms with van der Waals surface area (Å²) in [4.78, 5) is 170. The average Bonchev–Trinajstić information content (AvgIpc) is 1.16. The van der Waals surface area contributed by atoms with Crippen molar-refractivity contribution in [2.75, 3.05) is 58.9 Å². The van der Waals surface area contributed by atoms with Crippen LogP contribution in [0, 0.1) is 59.3 Å². The number of carbonyl (C=O) groups is 9. The predicted molar refractivity (Wildman–Crippen MR) is 339 cm³/mol. The van der Waals surface area contributed by atoms with Gasteiger partial charge in [0.15, 0.2) is 0 Å². The van der Waals surface area contributed by atoms with E-state index < -0.39 is 88.0 Å². The van der Waals surface area contributed by atoms with Crippen molar-refractivity contribution in [3.63, 3.8) is 0 Å². The Hall–Kier alpha value is -8.13. The van der Waals surface area contributed by atoms with Crippen LogP contribution in [0.25, 0.3) is 0 Å². The van der Waals surface area contributed by atoms with Gasteiger partial charge in [0.1, 0.15) is 35.2 Å². The first-order valence-corrected chi connectivity index (χ1v) is 30.9. The predicted octanol–water partition coefficient (Wildman–Crippen LogP) is -1.50. The number of aromatic nitrogens is 6. The summed E-state index contributed by atoms with van der Waals surface area (Å²) in [7, 11) is 0. The smallest absolute Gasteiger partial charge is 0.304 e. The third-order valence-corrected chi connectivity index (χ3v) is 14.8. The molecule has 0 fully saturated rings. The van der Waals surface area contributed by atoms with Crippen molar-refractivity contribution in [3.8, 4) is 0 Å². The first kappa shape index (κ1) is 80.0. The molecule has 0 aliphatic rings. The first-order chi connectivity index (χ1) is 42.8. The molecule has 92 heavy (non-hydrogen) atoms. The number of carbonyl (C=O) groups excluding carboxylic acids is 9.